The Morgan fingerprint density at radius 1 is 1.11 bits per heavy atom. The van der Waals surface area contributed by atoms with Crippen molar-refractivity contribution in [3.8, 4) is 0 Å². The summed E-state index contributed by atoms with van der Waals surface area (Å²) in [5.41, 5.74) is 3.37. The SMILES string of the molecule is Cc1ccc(F)cc1CNCCc1ccc(Cl)cc1. The molecule has 1 N–H and O–H groups in total. The average molecular weight is 278 g/mol. The Kier molecular flexibility index (Phi) is 4.94. The molecule has 0 aromatic heterocycles. The van der Waals surface area contributed by atoms with Crippen molar-refractivity contribution in [3.05, 3.63) is 70.0 Å². The Balaban J connectivity index is 1.80. The Labute approximate surface area is 118 Å². The van der Waals surface area contributed by atoms with Gasteiger partial charge in [-0.2, -0.15) is 0 Å². The molecule has 0 spiro atoms. The second-order valence-corrected chi connectivity index (χ2v) is 5.06. The molecule has 2 rings (SSSR count). The summed E-state index contributed by atoms with van der Waals surface area (Å²) in [5.74, 6) is -0.180. The number of aryl methyl sites for hydroxylation is 1. The first kappa shape index (κ1) is 14.0. The molecule has 100 valence electrons. The first-order valence-electron chi connectivity index (χ1n) is 6.35. The van der Waals surface area contributed by atoms with Gasteiger partial charge in [0, 0.05) is 11.6 Å². The zero-order valence-electron chi connectivity index (χ0n) is 10.9. The van der Waals surface area contributed by atoms with E-state index >= 15 is 0 Å². The molecule has 0 aliphatic rings. The fourth-order valence-electron chi connectivity index (χ4n) is 1.94. The number of hydrogen-bond donors (Lipinski definition) is 1. The summed E-state index contributed by atoms with van der Waals surface area (Å²) in [6.07, 6.45) is 0.936. The number of halogens is 2. The van der Waals surface area contributed by atoms with Gasteiger partial charge >= 0.3 is 0 Å². The van der Waals surface area contributed by atoms with Crippen molar-refractivity contribution in [2.24, 2.45) is 0 Å². The second kappa shape index (κ2) is 6.69. The normalized spacial score (nSPS) is 10.7. The van der Waals surface area contributed by atoms with Gasteiger partial charge in [0.2, 0.25) is 0 Å². The minimum absolute atomic E-state index is 0.180. The van der Waals surface area contributed by atoms with Crippen molar-refractivity contribution in [1.29, 1.82) is 0 Å². The molecule has 0 radical (unpaired) electrons. The van der Waals surface area contributed by atoms with Crippen LogP contribution in [0.2, 0.25) is 5.02 Å². The number of rotatable bonds is 5. The van der Waals surface area contributed by atoms with E-state index in [1.165, 1.54) is 11.6 Å². The standard InChI is InChI=1S/C16H17ClFN/c1-12-2-7-16(18)10-14(12)11-19-9-8-13-3-5-15(17)6-4-13/h2-7,10,19H,8-9,11H2,1H3. The lowest BCUT2D eigenvalue weighted by molar-refractivity contribution is 0.619. The van der Waals surface area contributed by atoms with Crippen LogP contribution in [0.25, 0.3) is 0 Å². The number of nitrogens with one attached hydrogen (secondary N) is 1. The van der Waals surface area contributed by atoms with Crippen molar-refractivity contribution in [2.45, 2.75) is 19.9 Å². The van der Waals surface area contributed by atoms with Gasteiger partial charge in [0.25, 0.3) is 0 Å². The maximum atomic E-state index is 13.1. The van der Waals surface area contributed by atoms with Crippen LogP contribution in [-0.2, 0) is 13.0 Å². The van der Waals surface area contributed by atoms with Gasteiger partial charge in [-0.3, -0.25) is 0 Å². The summed E-state index contributed by atoms with van der Waals surface area (Å²) < 4.78 is 13.1. The monoisotopic (exact) mass is 277 g/mol. The van der Waals surface area contributed by atoms with Crippen molar-refractivity contribution in [3.63, 3.8) is 0 Å². The molecule has 0 saturated carbocycles. The molecular formula is C16H17ClFN. The van der Waals surface area contributed by atoms with Gasteiger partial charge in [0.15, 0.2) is 0 Å². The summed E-state index contributed by atoms with van der Waals surface area (Å²) in [5, 5.41) is 4.09. The molecule has 1 nitrogen and oxygen atoms in total. The highest BCUT2D eigenvalue weighted by molar-refractivity contribution is 6.30. The molecule has 0 fully saturated rings. The minimum Gasteiger partial charge on any atom is -0.312 e. The van der Waals surface area contributed by atoms with Gasteiger partial charge < -0.3 is 5.32 Å². The van der Waals surface area contributed by atoms with E-state index in [2.05, 4.69) is 5.32 Å². The van der Waals surface area contributed by atoms with Crippen molar-refractivity contribution >= 4 is 11.6 Å². The van der Waals surface area contributed by atoms with E-state index in [0.29, 0.717) is 6.54 Å². The largest absolute Gasteiger partial charge is 0.312 e. The molecule has 0 amide bonds. The van der Waals surface area contributed by atoms with E-state index in [0.717, 1.165) is 29.1 Å². The average Bonchev–Trinajstić information content (AvgIpc) is 2.40. The molecule has 3 heteroatoms. The van der Waals surface area contributed by atoms with E-state index in [1.807, 2.05) is 37.3 Å². The highest BCUT2D eigenvalue weighted by atomic mass is 35.5. The molecular weight excluding hydrogens is 261 g/mol. The zero-order valence-corrected chi connectivity index (χ0v) is 11.7. The summed E-state index contributed by atoms with van der Waals surface area (Å²) >= 11 is 5.83. The van der Waals surface area contributed by atoms with Crippen molar-refractivity contribution < 1.29 is 4.39 Å². The lowest BCUT2D eigenvalue weighted by atomic mass is 10.1. The third-order valence-corrected chi connectivity index (χ3v) is 3.38. The molecule has 2 aromatic rings. The third kappa shape index (κ3) is 4.34. The topological polar surface area (TPSA) is 12.0 Å². The van der Waals surface area contributed by atoms with E-state index in [1.54, 1.807) is 6.07 Å². The van der Waals surface area contributed by atoms with E-state index < -0.39 is 0 Å². The maximum Gasteiger partial charge on any atom is 0.123 e. The van der Waals surface area contributed by atoms with Crippen LogP contribution in [0.5, 0.6) is 0 Å². The van der Waals surface area contributed by atoms with Crippen LogP contribution in [-0.4, -0.2) is 6.54 Å². The van der Waals surface area contributed by atoms with Crippen molar-refractivity contribution in [1.82, 2.24) is 5.32 Å². The van der Waals surface area contributed by atoms with Crippen LogP contribution in [0.4, 0.5) is 4.39 Å². The molecule has 0 heterocycles. The van der Waals surface area contributed by atoms with E-state index in [9.17, 15) is 4.39 Å². The summed E-state index contributed by atoms with van der Waals surface area (Å²) in [7, 11) is 0. The van der Waals surface area contributed by atoms with E-state index in [-0.39, 0.29) is 5.82 Å². The first-order chi connectivity index (χ1) is 9.15. The fourth-order valence-corrected chi connectivity index (χ4v) is 2.06. The molecule has 19 heavy (non-hydrogen) atoms. The van der Waals surface area contributed by atoms with Gasteiger partial charge in [-0.25, -0.2) is 4.39 Å². The van der Waals surface area contributed by atoms with Crippen LogP contribution < -0.4 is 5.32 Å². The van der Waals surface area contributed by atoms with Crippen LogP contribution >= 0.6 is 11.6 Å². The molecule has 2 aromatic carbocycles. The van der Waals surface area contributed by atoms with Crippen LogP contribution in [0, 0.1) is 12.7 Å². The third-order valence-electron chi connectivity index (χ3n) is 3.13. The summed E-state index contributed by atoms with van der Waals surface area (Å²) in [4.78, 5) is 0. The quantitative estimate of drug-likeness (QED) is 0.811. The van der Waals surface area contributed by atoms with Crippen LogP contribution in [0.3, 0.4) is 0 Å². The Hall–Kier alpha value is -1.38. The Morgan fingerprint density at radius 3 is 2.58 bits per heavy atom. The zero-order chi connectivity index (χ0) is 13.7. The van der Waals surface area contributed by atoms with Crippen LogP contribution in [0.1, 0.15) is 16.7 Å². The molecule has 0 unspecified atom stereocenters. The molecule has 0 atom stereocenters. The highest BCUT2D eigenvalue weighted by Gasteiger charge is 2.00. The molecule has 0 aliphatic carbocycles. The van der Waals surface area contributed by atoms with Gasteiger partial charge in [-0.1, -0.05) is 29.8 Å². The highest BCUT2D eigenvalue weighted by Crippen LogP contribution is 2.11. The predicted molar refractivity (Wildman–Crippen MR) is 78.0 cm³/mol. The smallest absolute Gasteiger partial charge is 0.123 e. The Morgan fingerprint density at radius 2 is 1.84 bits per heavy atom. The first-order valence-corrected chi connectivity index (χ1v) is 6.73. The van der Waals surface area contributed by atoms with Gasteiger partial charge in [-0.15, -0.1) is 0 Å². The second-order valence-electron chi connectivity index (χ2n) is 4.62. The van der Waals surface area contributed by atoms with Crippen LogP contribution in [0.15, 0.2) is 42.5 Å². The lowest BCUT2D eigenvalue weighted by Gasteiger charge is -2.08. The molecule has 0 aliphatic heterocycles. The fraction of sp³-hybridized carbons (Fsp3) is 0.250. The van der Waals surface area contributed by atoms with Gasteiger partial charge in [-0.05, 0) is 60.8 Å². The maximum absolute atomic E-state index is 13.1. The minimum atomic E-state index is -0.180. The lowest BCUT2D eigenvalue weighted by Crippen LogP contribution is -2.17. The number of hydrogen-bond acceptors (Lipinski definition) is 1. The van der Waals surface area contributed by atoms with Gasteiger partial charge in [0.1, 0.15) is 5.82 Å². The molecule has 0 bridgehead atoms. The molecule has 0 saturated heterocycles. The van der Waals surface area contributed by atoms with E-state index in [4.69, 9.17) is 11.6 Å². The summed E-state index contributed by atoms with van der Waals surface area (Å²) in [6, 6.07) is 12.7. The summed E-state index contributed by atoms with van der Waals surface area (Å²) in [6.45, 7) is 3.55. The number of benzene rings is 2. The Bertz CT molecular complexity index is 537. The van der Waals surface area contributed by atoms with Gasteiger partial charge in [0.05, 0.1) is 0 Å². The predicted octanol–water partition coefficient (Wildman–Crippen LogP) is 4.12. The van der Waals surface area contributed by atoms with Crippen molar-refractivity contribution in [2.75, 3.05) is 6.54 Å².